The van der Waals surface area contributed by atoms with Crippen molar-refractivity contribution < 1.29 is 0 Å². The normalized spacial score (nSPS) is 15.6. The molecule has 0 amide bonds. The van der Waals surface area contributed by atoms with Gasteiger partial charge in [-0.25, -0.2) is 0 Å². The van der Waals surface area contributed by atoms with E-state index in [2.05, 4.69) is 66.9 Å². The van der Waals surface area contributed by atoms with Crippen LogP contribution in [-0.2, 0) is 13.0 Å². The summed E-state index contributed by atoms with van der Waals surface area (Å²) in [5.74, 6) is 0. The van der Waals surface area contributed by atoms with Gasteiger partial charge in [0.25, 0.3) is 0 Å². The quantitative estimate of drug-likeness (QED) is 0.541. The van der Waals surface area contributed by atoms with Crippen molar-refractivity contribution in [3.05, 3.63) is 71.4 Å². The summed E-state index contributed by atoms with van der Waals surface area (Å²) in [7, 11) is 0. The third-order valence-electron chi connectivity index (χ3n) is 4.67. The molecule has 116 valence electrons. The SMILES string of the molecule is CC1(C)Cc2c(-c3ccccc3)cc(-c3ccc(Cl)cc3)n2C1. The Hall–Kier alpha value is -1.99. The van der Waals surface area contributed by atoms with Crippen LogP contribution in [0.25, 0.3) is 22.4 Å². The average molecular weight is 322 g/mol. The van der Waals surface area contributed by atoms with E-state index in [4.69, 9.17) is 11.6 Å². The first-order chi connectivity index (χ1) is 11.0. The third kappa shape index (κ3) is 2.60. The zero-order chi connectivity index (χ0) is 16.0. The Labute approximate surface area is 142 Å². The van der Waals surface area contributed by atoms with Gasteiger partial charge in [0.1, 0.15) is 0 Å². The summed E-state index contributed by atoms with van der Waals surface area (Å²) in [5, 5.41) is 0.783. The van der Waals surface area contributed by atoms with Crippen LogP contribution < -0.4 is 0 Å². The van der Waals surface area contributed by atoms with Crippen molar-refractivity contribution in [2.24, 2.45) is 5.41 Å². The van der Waals surface area contributed by atoms with E-state index in [0.717, 1.165) is 18.0 Å². The van der Waals surface area contributed by atoms with Gasteiger partial charge in [-0.05, 0) is 41.2 Å². The van der Waals surface area contributed by atoms with E-state index in [0.29, 0.717) is 5.41 Å². The molecule has 0 atom stereocenters. The maximum absolute atomic E-state index is 6.06. The van der Waals surface area contributed by atoms with Gasteiger partial charge in [-0.1, -0.05) is 67.9 Å². The standard InChI is InChI=1S/C21H20ClN/c1-21(2)13-20-18(15-6-4-3-5-7-15)12-19(23(20)14-21)16-8-10-17(22)11-9-16/h3-12H,13-14H2,1-2H3. The largest absolute Gasteiger partial charge is 0.343 e. The van der Waals surface area contributed by atoms with Crippen LogP contribution in [0, 0.1) is 5.41 Å². The second-order valence-corrected chi connectivity index (χ2v) is 7.63. The van der Waals surface area contributed by atoms with E-state index in [1.54, 1.807) is 0 Å². The summed E-state index contributed by atoms with van der Waals surface area (Å²) in [6, 6.07) is 21.2. The Balaban J connectivity index is 1.90. The molecule has 1 nitrogen and oxygen atoms in total. The minimum absolute atomic E-state index is 0.307. The van der Waals surface area contributed by atoms with Gasteiger partial charge in [0.2, 0.25) is 0 Å². The highest BCUT2D eigenvalue weighted by atomic mass is 35.5. The van der Waals surface area contributed by atoms with E-state index in [1.807, 2.05) is 12.1 Å². The van der Waals surface area contributed by atoms with Gasteiger partial charge >= 0.3 is 0 Å². The fourth-order valence-electron chi connectivity index (χ4n) is 3.62. The lowest BCUT2D eigenvalue weighted by Crippen LogP contribution is -2.12. The lowest BCUT2D eigenvalue weighted by molar-refractivity contribution is 0.360. The van der Waals surface area contributed by atoms with Crippen LogP contribution in [0.5, 0.6) is 0 Å². The first-order valence-corrected chi connectivity index (χ1v) is 8.45. The van der Waals surface area contributed by atoms with E-state index in [1.165, 1.54) is 28.1 Å². The van der Waals surface area contributed by atoms with Crippen molar-refractivity contribution in [1.29, 1.82) is 0 Å². The van der Waals surface area contributed by atoms with Crippen molar-refractivity contribution in [2.75, 3.05) is 0 Å². The molecule has 0 radical (unpaired) electrons. The fourth-order valence-corrected chi connectivity index (χ4v) is 3.75. The van der Waals surface area contributed by atoms with Gasteiger partial charge in [-0.15, -0.1) is 0 Å². The molecular formula is C21H20ClN. The molecule has 0 unspecified atom stereocenters. The number of hydrogen-bond donors (Lipinski definition) is 0. The van der Waals surface area contributed by atoms with Crippen molar-refractivity contribution in [1.82, 2.24) is 4.57 Å². The van der Waals surface area contributed by atoms with Gasteiger partial charge in [0, 0.05) is 28.5 Å². The molecule has 1 aromatic heterocycles. The van der Waals surface area contributed by atoms with Crippen LogP contribution in [0.3, 0.4) is 0 Å². The Morgan fingerprint density at radius 3 is 2.30 bits per heavy atom. The first-order valence-electron chi connectivity index (χ1n) is 8.07. The summed E-state index contributed by atoms with van der Waals surface area (Å²) in [6.07, 6.45) is 1.12. The zero-order valence-electron chi connectivity index (χ0n) is 13.5. The highest BCUT2D eigenvalue weighted by Gasteiger charge is 2.32. The van der Waals surface area contributed by atoms with Crippen molar-refractivity contribution in [3.63, 3.8) is 0 Å². The second-order valence-electron chi connectivity index (χ2n) is 7.19. The van der Waals surface area contributed by atoms with Crippen molar-refractivity contribution in [2.45, 2.75) is 26.8 Å². The van der Waals surface area contributed by atoms with Crippen LogP contribution >= 0.6 is 11.6 Å². The summed E-state index contributed by atoms with van der Waals surface area (Å²) in [4.78, 5) is 0. The Morgan fingerprint density at radius 2 is 1.61 bits per heavy atom. The van der Waals surface area contributed by atoms with Gasteiger partial charge in [-0.3, -0.25) is 0 Å². The average Bonchev–Trinajstić information content (AvgIpc) is 3.02. The molecule has 2 heterocycles. The van der Waals surface area contributed by atoms with Gasteiger partial charge in [0.05, 0.1) is 0 Å². The number of benzene rings is 2. The Kier molecular flexibility index (Phi) is 3.35. The number of fused-ring (bicyclic) bond motifs is 1. The molecule has 0 spiro atoms. The minimum atomic E-state index is 0.307. The highest BCUT2D eigenvalue weighted by molar-refractivity contribution is 6.30. The monoisotopic (exact) mass is 321 g/mol. The lowest BCUT2D eigenvalue weighted by Gasteiger charge is -2.17. The maximum atomic E-state index is 6.06. The predicted molar refractivity (Wildman–Crippen MR) is 97.8 cm³/mol. The summed E-state index contributed by atoms with van der Waals surface area (Å²) >= 11 is 6.06. The summed E-state index contributed by atoms with van der Waals surface area (Å²) < 4.78 is 2.49. The highest BCUT2D eigenvalue weighted by Crippen LogP contribution is 2.42. The second kappa shape index (κ2) is 5.28. The summed E-state index contributed by atoms with van der Waals surface area (Å²) in [6.45, 7) is 5.76. The Bertz CT molecular complexity index is 842. The van der Waals surface area contributed by atoms with Gasteiger partial charge < -0.3 is 4.57 Å². The van der Waals surface area contributed by atoms with Crippen LogP contribution in [0.1, 0.15) is 19.5 Å². The molecule has 0 aliphatic carbocycles. The molecule has 0 saturated carbocycles. The predicted octanol–water partition coefficient (Wildman–Crippen LogP) is 6.06. The minimum Gasteiger partial charge on any atom is -0.343 e. The van der Waals surface area contributed by atoms with E-state index >= 15 is 0 Å². The number of nitrogens with zero attached hydrogens (tertiary/aromatic N) is 1. The van der Waals surface area contributed by atoms with E-state index < -0.39 is 0 Å². The topological polar surface area (TPSA) is 4.93 Å². The smallest absolute Gasteiger partial charge is 0.0489 e. The third-order valence-corrected chi connectivity index (χ3v) is 4.92. The molecule has 2 heteroatoms. The number of halogens is 1. The molecular weight excluding hydrogens is 302 g/mol. The molecule has 2 aromatic carbocycles. The summed E-state index contributed by atoms with van der Waals surface area (Å²) in [5.41, 5.74) is 6.94. The molecule has 1 aliphatic heterocycles. The molecule has 4 rings (SSSR count). The van der Waals surface area contributed by atoms with Crippen molar-refractivity contribution in [3.8, 4) is 22.4 Å². The molecule has 3 aromatic rings. The van der Waals surface area contributed by atoms with E-state index in [9.17, 15) is 0 Å². The van der Waals surface area contributed by atoms with Gasteiger partial charge in [-0.2, -0.15) is 0 Å². The maximum Gasteiger partial charge on any atom is 0.0489 e. The van der Waals surface area contributed by atoms with Crippen LogP contribution in [0.4, 0.5) is 0 Å². The zero-order valence-corrected chi connectivity index (χ0v) is 14.3. The van der Waals surface area contributed by atoms with E-state index in [-0.39, 0.29) is 0 Å². The van der Waals surface area contributed by atoms with Crippen LogP contribution in [0.15, 0.2) is 60.7 Å². The molecule has 0 bridgehead atoms. The molecule has 0 saturated heterocycles. The Morgan fingerprint density at radius 1 is 0.913 bits per heavy atom. The molecule has 0 N–H and O–H groups in total. The molecule has 1 aliphatic rings. The first kappa shape index (κ1) is 14.6. The fraction of sp³-hybridized carbons (Fsp3) is 0.238. The van der Waals surface area contributed by atoms with Crippen LogP contribution in [-0.4, -0.2) is 4.57 Å². The lowest BCUT2D eigenvalue weighted by atomic mass is 9.89. The van der Waals surface area contributed by atoms with Crippen LogP contribution in [0.2, 0.25) is 5.02 Å². The van der Waals surface area contributed by atoms with Crippen molar-refractivity contribution >= 4 is 11.6 Å². The molecule has 0 fully saturated rings. The van der Waals surface area contributed by atoms with Gasteiger partial charge in [0.15, 0.2) is 0 Å². The molecule has 23 heavy (non-hydrogen) atoms. The number of hydrogen-bond acceptors (Lipinski definition) is 0. The number of rotatable bonds is 2. The number of aromatic nitrogens is 1.